The maximum absolute atomic E-state index is 11.4. The van der Waals surface area contributed by atoms with E-state index in [1.54, 1.807) is 4.90 Å². The fraction of sp³-hybridized carbons (Fsp3) is 0.900. The number of hydrogen-bond acceptors (Lipinski definition) is 1. The molecule has 12 heavy (non-hydrogen) atoms. The minimum atomic E-state index is 0.139. The van der Waals surface area contributed by atoms with E-state index >= 15 is 0 Å². The summed E-state index contributed by atoms with van der Waals surface area (Å²) in [6, 6.07) is 0. The molecule has 0 unspecified atom stereocenters. The molecule has 1 atom stereocenters. The molecule has 0 saturated carbocycles. The zero-order chi connectivity index (χ0) is 9.94. The van der Waals surface area contributed by atoms with Gasteiger partial charge in [-0.05, 0) is 11.8 Å². The molecule has 0 radical (unpaired) electrons. The van der Waals surface area contributed by atoms with Crippen molar-refractivity contribution in [3.8, 4) is 0 Å². The molecule has 0 aliphatic rings. The second kappa shape index (κ2) is 3.92. The number of amides is 1. The van der Waals surface area contributed by atoms with E-state index in [1.807, 2.05) is 21.0 Å². The van der Waals surface area contributed by atoms with Crippen molar-refractivity contribution in [1.29, 1.82) is 0 Å². The van der Waals surface area contributed by atoms with Crippen molar-refractivity contribution < 1.29 is 4.79 Å². The van der Waals surface area contributed by atoms with Crippen LogP contribution in [0.5, 0.6) is 0 Å². The Morgan fingerprint density at radius 3 is 2.00 bits per heavy atom. The van der Waals surface area contributed by atoms with Gasteiger partial charge in [0.2, 0.25) is 5.91 Å². The summed E-state index contributed by atoms with van der Waals surface area (Å²) in [6.07, 6.45) is 0.948. The van der Waals surface area contributed by atoms with Gasteiger partial charge in [0.1, 0.15) is 0 Å². The zero-order valence-electron chi connectivity index (χ0n) is 9.14. The monoisotopic (exact) mass is 171 g/mol. The van der Waals surface area contributed by atoms with E-state index in [4.69, 9.17) is 0 Å². The maximum Gasteiger partial charge on any atom is 0.224 e. The molecular weight excluding hydrogens is 150 g/mol. The smallest absolute Gasteiger partial charge is 0.224 e. The molecule has 0 aliphatic heterocycles. The molecule has 0 aromatic rings. The number of hydrogen-bond donors (Lipinski definition) is 0. The van der Waals surface area contributed by atoms with Crippen molar-refractivity contribution in [3.63, 3.8) is 0 Å². The van der Waals surface area contributed by atoms with E-state index in [9.17, 15) is 4.79 Å². The Balaban J connectivity index is 4.05. The van der Waals surface area contributed by atoms with Gasteiger partial charge in [-0.3, -0.25) is 4.79 Å². The summed E-state index contributed by atoms with van der Waals surface area (Å²) in [7, 11) is 3.61. The van der Waals surface area contributed by atoms with Gasteiger partial charge in [0.15, 0.2) is 0 Å². The first kappa shape index (κ1) is 11.5. The van der Waals surface area contributed by atoms with Crippen LogP contribution >= 0.6 is 0 Å². The number of nitrogens with zero attached hydrogens (tertiary/aromatic N) is 1. The van der Waals surface area contributed by atoms with E-state index in [1.165, 1.54) is 0 Å². The quantitative estimate of drug-likeness (QED) is 0.623. The van der Waals surface area contributed by atoms with Crippen LogP contribution in [0, 0.1) is 11.3 Å². The normalized spacial score (nSPS) is 14.2. The Kier molecular flexibility index (Phi) is 3.75. The van der Waals surface area contributed by atoms with Gasteiger partial charge in [-0.2, -0.15) is 0 Å². The average molecular weight is 171 g/mol. The van der Waals surface area contributed by atoms with Crippen LogP contribution in [0.4, 0.5) is 0 Å². The summed E-state index contributed by atoms with van der Waals surface area (Å²) in [5, 5.41) is 0. The molecule has 0 aliphatic carbocycles. The first-order valence-electron chi connectivity index (χ1n) is 4.45. The molecule has 0 spiro atoms. The highest BCUT2D eigenvalue weighted by Crippen LogP contribution is 2.24. The predicted octanol–water partition coefficient (Wildman–Crippen LogP) is 2.15. The van der Waals surface area contributed by atoms with Gasteiger partial charge in [-0.15, -0.1) is 0 Å². The standard InChI is InChI=1S/C10H21NO/c1-8(7-10(2,3)4)9(12)11(5)6/h8H,7H2,1-6H3/t8-/m0/s1. The Bertz CT molecular complexity index is 156. The number of rotatable bonds is 2. The molecule has 0 aromatic heterocycles. The minimum absolute atomic E-state index is 0.139. The minimum Gasteiger partial charge on any atom is -0.349 e. The van der Waals surface area contributed by atoms with Gasteiger partial charge in [0.05, 0.1) is 0 Å². The summed E-state index contributed by atoms with van der Waals surface area (Å²) in [5.41, 5.74) is 0.241. The molecule has 72 valence electrons. The molecule has 0 aromatic carbocycles. The highest BCUT2D eigenvalue weighted by molar-refractivity contribution is 5.77. The first-order chi connectivity index (χ1) is 5.24. The fourth-order valence-corrected chi connectivity index (χ4v) is 1.45. The summed E-state index contributed by atoms with van der Waals surface area (Å²) >= 11 is 0. The van der Waals surface area contributed by atoms with Crippen LogP contribution < -0.4 is 0 Å². The first-order valence-corrected chi connectivity index (χ1v) is 4.45. The largest absolute Gasteiger partial charge is 0.349 e. The van der Waals surface area contributed by atoms with Crippen LogP contribution in [0.15, 0.2) is 0 Å². The van der Waals surface area contributed by atoms with Crippen molar-refractivity contribution in [2.24, 2.45) is 11.3 Å². The molecule has 1 amide bonds. The van der Waals surface area contributed by atoms with E-state index in [0.29, 0.717) is 0 Å². The molecule has 0 saturated heterocycles. The van der Waals surface area contributed by atoms with Crippen molar-refractivity contribution in [1.82, 2.24) is 4.90 Å². The van der Waals surface area contributed by atoms with Gasteiger partial charge in [-0.25, -0.2) is 0 Å². The highest BCUT2D eigenvalue weighted by atomic mass is 16.2. The summed E-state index contributed by atoms with van der Waals surface area (Å²) in [5.74, 6) is 0.366. The van der Waals surface area contributed by atoms with Crippen molar-refractivity contribution in [3.05, 3.63) is 0 Å². The van der Waals surface area contributed by atoms with E-state index in [-0.39, 0.29) is 17.2 Å². The Morgan fingerprint density at radius 1 is 1.33 bits per heavy atom. The van der Waals surface area contributed by atoms with Gasteiger partial charge in [-0.1, -0.05) is 27.7 Å². The molecule has 2 nitrogen and oxygen atoms in total. The van der Waals surface area contributed by atoms with Gasteiger partial charge < -0.3 is 4.90 Å². The van der Waals surface area contributed by atoms with Crippen LogP contribution in [0.1, 0.15) is 34.1 Å². The lowest BCUT2D eigenvalue weighted by Gasteiger charge is -2.24. The molecule has 2 heteroatoms. The Morgan fingerprint density at radius 2 is 1.75 bits per heavy atom. The van der Waals surface area contributed by atoms with E-state index in [0.717, 1.165) is 6.42 Å². The van der Waals surface area contributed by atoms with Crippen LogP contribution in [-0.2, 0) is 4.79 Å². The van der Waals surface area contributed by atoms with Crippen molar-refractivity contribution in [2.45, 2.75) is 34.1 Å². The molecule has 0 fully saturated rings. The predicted molar refractivity (Wildman–Crippen MR) is 51.9 cm³/mol. The Hall–Kier alpha value is -0.530. The van der Waals surface area contributed by atoms with Crippen LogP contribution in [0.3, 0.4) is 0 Å². The third-order valence-electron chi connectivity index (χ3n) is 1.78. The van der Waals surface area contributed by atoms with Gasteiger partial charge in [0, 0.05) is 20.0 Å². The third kappa shape index (κ3) is 4.37. The maximum atomic E-state index is 11.4. The van der Waals surface area contributed by atoms with E-state index in [2.05, 4.69) is 20.8 Å². The number of carbonyl (C=O) groups excluding carboxylic acids is 1. The third-order valence-corrected chi connectivity index (χ3v) is 1.78. The van der Waals surface area contributed by atoms with Crippen LogP contribution in [-0.4, -0.2) is 24.9 Å². The second-order valence-corrected chi connectivity index (χ2v) is 4.90. The number of carbonyl (C=O) groups is 1. The summed E-state index contributed by atoms with van der Waals surface area (Å²) in [6.45, 7) is 8.47. The highest BCUT2D eigenvalue weighted by Gasteiger charge is 2.21. The Labute approximate surface area is 75.9 Å². The SMILES string of the molecule is C[C@@H](CC(C)(C)C)C(=O)N(C)C. The van der Waals surface area contributed by atoms with Crippen LogP contribution in [0.2, 0.25) is 0 Å². The molecule has 0 bridgehead atoms. The van der Waals surface area contributed by atoms with Crippen molar-refractivity contribution >= 4 is 5.91 Å². The topological polar surface area (TPSA) is 20.3 Å². The molecular formula is C10H21NO. The summed E-state index contributed by atoms with van der Waals surface area (Å²) in [4.78, 5) is 13.1. The molecule has 0 N–H and O–H groups in total. The van der Waals surface area contributed by atoms with E-state index < -0.39 is 0 Å². The molecule has 0 rings (SSSR count). The molecule has 0 heterocycles. The summed E-state index contributed by atoms with van der Waals surface area (Å²) < 4.78 is 0. The lowest BCUT2D eigenvalue weighted by atomic mass is 9.85. The zero-order valence-corrected chi connectivity index (χ0v) is 9.14. The lowest BCUT2D eigenvalue weighted by Crippen LogP contribution is -2.30. The second-order valence-electron chi connectivity index (χ2n) is 4.90. The average Bonchev–Trinajstić information content (AvgIpc) is 1.82. The van der Waals surface area contributed by atoms with Crippen LogP contribution in [0.25, 0.3) is 0 Å². The van der Waals surface area contributed by atoms with Gasteiger partial charge >= 0.3 is 0 Å². The van der Waals surface area contributed by atoms with Crippen molar-refractivity contribution in [2.75, 3.05) is 14.1 Å². The lowest BCUT2D eigenvalue weighted by molar-refractivity contribution is -0.133. The van der Waals surface area contributed by atoms with Gasteiger partial charge in [0.25, 0.3) is 0 Å². The fourth-order valence-electron chi connectivity index (χ4n) is 1.45.